The Bertz CT molecular complexity index is 371. The summed E-state index contributed by atoms with van der Waals surface area (Å²) in [7, 11) is 3.66. The Kier molecular flexibility index (Phi) is 5.72. The Morgan fingerprint density at radius 2 is 2.06 bits per heavy atom. The summed E-state index contributed by atoms with van der Waals surface area (Å²) in [5.74, 6) is -0.231. The summed E-state index contributed by atoms with van der Waals surface area (Å²) in [6, 6.07) is 6.73. The summed E-state index contributed by atoms with van der Waals surface area (Å²) in [4.78, 5) is 2.13. The second-order valence-electron chi connectivity index (χ2n) is 4.83. The summed E-state index contributed by atoms with van der Waals surface area (Å²) in [5.41, 5.74) is 6.95. The Labute approximate surface area is 109 Å². The summed E-state index contributed by atoms with van der Waals surface area (Å²) in [6.07, 6.45) is 0. The van der Waals surface area contributed by atoms with E-state index in [-0.39, 0.29) is 23.9 Å². The van der Waals surface area contributed by atoms with Gasteiger partial charge in [0.25, 0.3) is 0 Å². The number of nitrogens with two attached hydrogens (primary N) is 1. The van der Waals surface area contributed by atoms with Crippen molar-refractivity contribution in [2.24, 2.45) is 5.73 Å². The van der Waals surface area contributed by atoms with Crippen LogP contribution in [-0.2, 0) is 4.74 Å². The Hall–Kier alpha value is -0.970. The summed E-state index contributed by atoms with van der Waals surface area (Å²) in [5, 5.41) is 0. The maximum Gasteiger partial charge on any atom is 0.123 e. The van der Waals surface area contributed by atoms with Crippen molar-refractivity contribution in [3.63, 3.8) is 0 Å². The predicted molar refractivity (Wildman–Crippen MR) is 71.9 cm³/mol. The largest absolute Gasteiger partial charge is 0.383 e. The topological polar surface area (TPSA) is 38.5 Å². The Balaban J connectivity index is 2.95. The molecule has 1 aromatic rings. The molecule has 0 bridgehead atoms. The lowest BCUT2D eigenvalue weighted by molar-refractivity contribution is 0.0818. The van der Waals surface area contributed by atoms with Gasteiger partial charge in [-0.1, -0.05) is 12.1 Å². The fourth-order valence-electron chi connectivity index (χ4n) is 2.23. The minimum Gasteiger partial charge on any atom is -0.383 e. The van der Waals surface area contributed by atoms with Crippen LogP contribution < -0.4 is 5.73 Å². The molecule has 0 radical (unpaired) electrons. The number of likely N-dealkylation sites (N-methyl/N-ethyl adjacent to an activating group) is 1. The molecule has 4 heteroatoms. The van der Waals surface area contributed by atoms with Crippen molar-refractivity contribution in [1.29, 1.82) is 0 Å². The average molecular weight is 254 g/mol. The molecule has 0 fully saturated rings. The SMILES string of the molecule is COCC(C)N(C)C(c1cccc(F)c1)C(C)N. The molecule has 1 aromatic carbocycles. The number of methoxy groups -OCH3 is 1. The lowest BCUT2D eigenvalue weighted by Gasteiger charge is -2.35. The number of nitrogens with zero attached hydrogens (tertiary/aromatic N) is 1. The zero-order chi connectivity index (χ0) is 13.7. The third kappa shape index (κ3) is 3.77. The van der Waals surface area contributed by atoms with Gasteiger partial charge in [-0.15, -0.1) is 0 Å². The quantitative estimate of drug-likeness (QED) is 0.845. The number of benzene rings is 1. The van der Waals surface area contributed by atoms with Gasteiger partial charge in [0.15, 0.2) is 0 Å². The van der Waals surface area contributed by atoms with Crippen molar-refractivity contribution in [1.82, 2.24) is 4.90 Å². The van der Waals surface area contributed by atoms with Crippen LogP contribution in [-0.4, -0.2) is 37.7 Å². The van der Waals surface area contributed by atoms with Gasteiger partial charge in [-0.05, 0) is 38.6 Å². The van der Waals surface area contributed by atoms with Crippen LogP contribution >= 0.6 is 0 Å². The molecule has 2 N–H and O–H groups in total. The molecule has 0 amide bonds. The average Bonchev–Trinajstić information content (AvgIpc) is 2.29. The van der Waals surface area contributed by atoms with E-state index in [9.17, 15) is 4.39 Å². The van der Waals surface area contributed by atoms with Crippen molar-refractivity contribution in [2.45, 2.75) is 32.0 Å². The molecule has 0 heterocycles. The van der Waals surface area contributed by atoms with Crippen molar-refractivity contribution in [2.75, 3.05) is 20.8 Å². The van der Waals surface area contributed by atoms with Gasteiger partial charge in [-0.3, -0.25) is 4.90 Å². The molecular weight excluding hydrogens is 231 g/mol. The van der Waals surface area contributed by atoms with Crippen LogP contribution in [0.4, 0.5) is 4.39 Å². The lowest BCUT2D eigenvalue weighted by atomic mass is 9.98. The van der Waals surface area contributed by atoms with E-state index in [0.29, 0.717) is 6.61 Å². The lowest BCUT2D eigenvalue weighted by Crippen LogP contribution is -2.43. The van der Waals surface area contributed by atoms with Crippen LogP contribution in [0.25, 0.3) is 0 Å². The van der Waals surface area contributed by atoms with Crippen LogP contribution in [0.3, 0.4) is 0 Å². The normalized spacial score (nSPS) is 16.6. The van der Waals surface area contributed by atoms with Gasteiger partial charge < -0.3 is 10.5 Å². The molecule has 3 unspecified atom stereocenters. The van der Waals surface area contributed by atoms with Crippen LogP contribution in [0.15, 0.2) is 24.3 Å². The predicted octanol–water partition coefficient (Wildman–Crippen LogP) is 2.18. The Morgan fingerprint density at radius 3 is 2.56 bits per heavy atom. The second kappa shape index (κ2) is 6.83. The molecule has 3 atom stereocenters. The van der Waals surface area contributed by atoms with E-state index in [0.717, 1.165) is 5.56 Å². The molecular formula is C14H23FN2O. The van der Waals surface area contributed by atoms with Gasteiger partial charge in [0.2, 0.25) is 0 Å². The van der Waals surface area contributed by atoms with Crippen molar-refractivity contribution < 1.29 is 9.13 Å². The first kappa shape index (κ1) is 15.1. The third-order valence-corrected chi connectivity index (χ3v) is 3.23. The summed E-state index contributed by atoms with van der Waals surface area (Å²) >= 11 is 0. The molecule has 0 saturated carbocycles. The molecule has 0 spiro atoms. The maximum atomic E-state index is 13.3. The molecule has 18 heavy (non-hydrogen) atoms. The fraction of sp³-hybridized carbons (Fsp3) is 0.571. The number of ether oxygens (including phenoxy) is 1. The molecule has 0 aromatic heterocycles. The standard InChI is InChI=1S/C14H23FN2O/c1-10(9-18-4)17(3)14(11(2)16)12-6-5-7-13(15)8-12/h5-8,10-11,14H,9,16H2,1-4H3. The van der Waals surface area contributed by atoms with E-state index in [4.69, 9.17) is 10.5 Å². The van der Waals surface area contributed by atoms with E-state index in [1.54, 1.807) is 19.2 Å². The zero-order valence-electron chi connectivity index (χ0n) is 11.6. The molecule has 102 valence electrons. The van der Waals surface area contributed by atoms with Crippen LogP contribution in [0.5, 0.6) is 0 Å². The highest BCUT2D eigenvalue weighted by molar-refractivity contribution is 5.21. The van der Waals surface area contributed by atoms with E-state index >= 15 is 0 Å². The highest BCUT2D eigenvalue weighted by Gasteiger charge is 2.25. The highest BCUT2D eigenvalue weighted by Crippen LogP contribution is 2.24. The van der Waals surface area contributed by atoms with Gasteiger partial charge >= 0.3 is 0 Å². The smallest absolute Gasteiger partial charge is 0.123 e. The van der Waals surface area contributed by atoms with E-state index in [1.165, 1.54) is 6.07 Å². The highest BCUT2D eigenvalue weighted by atomic mass is 19.1. The van der Waals surface area contributed by atoms with Crippen LogP contribution in [0.1, 0.15) is 25.5 Å². The van der Waals surface area contributed by atoms with Gasteiger partial charge in [0.05, 0.1) is 6.61 Å². The van der Waals surface area contributed by atoms with Crippen molar-refractivity contribution in [3.8, 4) is 0 Å². The van der Waals surface area contributed by atoms with Gasteiger partial charge in [0.1, 0.15) is 5.82 Å². The monoisotopic (exact) mass is 254 g/mol. The number of hydrogen-bond acceptors (Lipinski definition) is 3. The second-order valence-corrected chi connectivity index (χ2v) is 4.83. The summed E-state index contributed by atoms with van der Waals surface area (Å²) in [6.45, 7) is 4.62. The first-order valence-corrected chi connectivity index (χ1v) is 6.19. The van der Waals surface area contributed by atoms with Gasteiger partial charge in [-0.2, -0.15) is 0 Å². The Morgan fingerprint density at radius 1 is 1.39 bits per heavy atom. The molecule has 3 nitrogen and oxygen atoms in total. The van der Waals surface area contributed by atoms with Crippen LogP contribution in [0.2, 0.25) is 0 Å². The van der Waals surface area contributed by atoms with Crippen LogP contribution in [0, 0.1) is 5.82 Å². The number of halogens is 1. The number of rotatable bonds is 6. The molecule has 0 aliphatic rings. The van der Waals surface area contributed by atoms with Crippen molar-refractivity contribution >= 4 is 0 Å². The third-order valence-electron chi connectivity index (χ3n) is 3.23. The first-order valence-electron chi connectivity index (χ1n) is 6.19. The number of hydrogen-bond donors (Lipinski definition) is 1. The van der Waals surface area contributed by atoms with Gasteiger partial charge in [0, 0.05) is 25.2 Å². The molecule has 1 rings (SSSR count). The zero-order valence-corrected chi connectivity index (χ0v) is 11.6. The molecule has 0 saturated heterocycles. The fourth-order valence-corrected chi connectivity index (χ4v) is 2.23. The maximum absolute atomic E-state index is 13.3. The van der Waals surface area contributed by atoms with E-state index in [1.807, 2.05) is 20.0 Å². The summed E-state index contributed by atoms with van der Waals surface area (Å²) < 4.78 is 18.5. The minimum absolute atomic E-state index is 0.0224. The molecule has 0 aliphatic carbocycles. The van der Waals surface area contributed by atoms with E-state index in [2.05, 4.69) is 11.8 Å². The van der Waals surface area contributed by atoms with Crippen molar-refractivity contribution in [3.05, 3.63) is 35.6 Å². The van der Waals surface area contributed by atoms with E-state index < -0.39 is 0 Å². The minimum atomic E-state index is -0.231. The molecule has 0 aliphatic heterocycles. The first-order chi connectivity index (χ1) is 8.47. The van der Waals surface area contributed by atoms with Gasteiger partial charge in [-0.25, -0.2) is 4.39 Å².